The summed E-state index contributed by atoms with van der Waals surface area (Å²) in [4.78, 5) is 24.5. The van der Waals surface area contributed by atoms with E-state index < -0.39 is 17.8 Å². The summed E-state index contributed by atoms with van der Waals surface area (Å²) in [6.45, 7) is 0.676. The number of carbonyl (C=O) groups is 2. The molecule has 0 unspecified atom stereocenters. The van der Waals surface area contributed by atoms with Crippen molar-refractivity contribution >= 4 is 11.9 Å². The van der Waals surface area contributed by atoms with Crippen molar-refractivity contribution in [3.8, 4) is 11.5 Å². The van der Waals surface area contributed by atoms with E-state index in [4.69, 9.17) is 5.11 Å². The van der Waals surface area contributed by atoms with Crippen molar-refractivity contribution in [2.24, 2.45) is 5.92 Å². The highest BCUT2D eigenvalue weighted by Gasteiger charge is 2.28. The van der Waals surface area contributed by atoms with Crippen molar-refractivity contribution in [3.63, 3.8) is 0 Å². The summed E-state index contributed by atoms with van der Waals surface area (Å²) >= 11 is 0. The van der Waals surface area contributed by atoms with Gasteiger partial charge in [0.1, 0.15) is 11.5 Å². The van der Waals surface area contributed by atoms with Crippen LogP contribution in [0.4, 0.5) is 0 Å². The van der Waals surface area contributed by atoms with E-state index in [1.807, 2.05) is 0 Å². The van der Waals surface area contributed by atoms with Crippen LogP contribution in [-0.4, -0.2) is 45.2 Å². The molecule has 19 heavy (non-hydrogen) atoms. The molecule has 1 aromatic rings. The van der Waals surface area contributed by atoms with Gasteiger partial charge < -0.3 is 20.2 Å². The maximum atomic E-state index is 12.2. The average Bonchev–Trinajstić information content (AvgIpc) is 2.41. The largest absolute Gasteiger partial charge is 0.508 e. The van der Waals surface area contributed by atoms with Crippen LogP contribution in [0.25, 0.3) is 0 Å². The van der Waals surface area contributed by atoms with E-state index in [9.17, 15) is 19.8 Å². The van der Waals surface area contributed by atoms with Crippen LogP contribution in [0, 0.1) is 5.92 Å². The van der Waals surface area contributed by atoms with Crippen molar-refractivity contribution in [3.05, 3.63) is 23.8 Å². The molecule has 1 saturated heterocycles. The van der Waals surface area contributed by atoms with Gasteiger partial charge in [-0.3, -0.25) is 9.59 Å². The Balaban J connectivity index is 2.09. The number of aliphatic carboxylic acids is 1. The molecule has 0 atom stereocenters. The first-order valence-corrected chi connectivity index (χ1v) is 6.03. The minimum atomic E-state index is -0.840. The smallest absolute Gasteiger partial charge is 0.306 e. The number of carboxylic acid groups (broad SMARTS) is 1. The normalized spacial score (nSPS) is 16.3. The molecule has 1 aliphatic rings. The fourth-order valence-electron chi connectivity index (χ4n) is 2.20. The second-order valence-electron chi connectivity index (χ2n) is 4.61. The quantitative estimate of drug-likeness (QED) is 0.694. The van der Waals surface area contributed by atoms with Crippen molar-refractivity contribution in [2.45, 2.75) is 12.8 Å². The monoisotopic (exact) mass is 265 g/mol. The third-order valence-corrected chi connectivity index (χ3v) is 3.34. The lowest BCUT2D eigenvalue weighted by Gasteiger charge is -2.30. The van der Waals surface area contributed by atoms with Crippen molar-refractivity contribution < 1.29 is 24.9 Å². The van der Waals surface area contributed by atoms with Gasteiger partial charge in [0, 0.05) is 13.1 Å². The highest BCUT2D eigenvalue weighted by atomic mass is 16.4. The van der Waals surface area contributed by atoms with Gasteiger partial charge in [0.15, 0.2) is 0 Å². The third kappa shape index (κ3) is 2.78. The molecule has 2 rings (SSSR count). The van der Waals surface area contributed by atoms with E-state index in [-0.39, 0.29) is 17.1 Å². The minimum absolute atomic E-state index is 0.0359. The summed E-state index contributed by atoms with van der Waals surface area (Å²) in [5.41, 5.74) is 0.0359. The molecule has 0 aromatic heterocycles. The lowest BCUT2D eigenvalue weighted by atomic mass is 9.96. The van der Waals surface area contributed by atoms with Crippen molar-refractivity contribution in [1.82, 2.24) is 4.90 Å². The molecule has 1 fully saturated rings. The number of hydrogen-bond acceptors (Lipinski definition) is 4. The predicted molar refractivity (Wildman–Crippen MR) is 66.0 cm³/mol. The average molecular weight is 265 g/mol. The Morgan fingerprint density at radius 1 is 1.16 bits per heavy atom. The number of hydrogen-bond donors (Lipinski definition) is 3. The summed E-state index contributed by atoms with van der Waals surface area (Å²) in [7, 11) is 0. The van der Waals surface area contributed by atoms with Crippen molar-refractivity contribution in [1.29, 1.82) is 0 Å². The van der Waals surface area contributed by atoms with Crippen LogP contribution in [0.2, 0.25) is 0 Å². The molecule has 3 N–H and O–H groups in total. The Morgan fingerprint density at radius 2 is 1.79 bits per heavy atom. The number of nitrogens with zero attached hydrogens (tertiary/aromatic N) is 1. The van der Waals surface area contributed by atoms with Gasteiger partial charge in [0.05, 0.1) is 11.5 Å². The fraction of sp³-hybridized carbons (Fsp3) is 0.385. The van der Waals surface area contributed by atoms with Gasteiger partial charge >= 0.3 is 5.97 Å². The van der Waals surface area contributed by atoms with E-state index in [1.165, 1.54) is 23.1 Å². The molecule has 0 bridgehead atoms. The van der Waals surface area contributed by atoms with Crippen LogP contribution in [0.15, 0.2) is 18.2 Å². The van der Waals surface area contributed by atoms with Crippen LogP contribution >= 0.6 is 0 Å². The third-order valence-electron chi connectivity index (χ3n) is 3.34. The second-order valence-corrected chi connectivity index (χ2v) is 4.61. The van der Waals surface area contributed by atoms with Gasteiger partial charge in [0.2, 0.25) is 0 Å². The van der Waals surface area contributed by atoms with Crippen molar-refractivity contribution in [2.75, 3.05) is 13.1 Å². The van der Waals surface area contributed by atoms with Gasteiger partial charge in [-0.1, -0.05) is 0 Å². The molecular weight excluding hydrogens is 250 g/mol. The number of likely N-dealkylation sites (tertiary alicyclic amines) is 1. The molecular formula is C13H15NO5. The maximum Gasteiger partial charge on any atom is 0.306 e. The van der Waals surface area contributed by atoms with Gasteiger partial charge in [-0.25, -0.2) is 0 Å². The Labute approximate surface area is 109 Å². The zero-order valence-electron chi connectivity index (χ0n) is 10.2. The first-order valence-electron chi connectivity index (χ1n) is 6.03. The fourth-order valence-corrected chi connectivity index (χ4v) is 2.20. The molecule has 6 heteroatoms. The van der Waals surface area contributed by atoms with Crippen LogP contribution < -0.4 is 0 Å². The number of rotatable bonds is 2. The number of carbonyl (C=O) groups excluding carboxylic acids is 1. The Bertz CT molecular complexity index is 506. The van der Waals surface area contributed by atoms with E-state index in [0.29, 0.717) is 25.9 Å². The summed E-state index contributed by atoms with van der Waals surface area (Å²) in [5.74, 6) is -1.93. The molecule has 1 amide bonds. The first kappa shape index (κ1) is 13.2. The zero-order chi connectivity index (χ0) is 14.0. The lowest BCUT2D eigenvalue weighted by molar-refractivity contribution is -0.143. The van der Waals surface area contributed by atoms with E-state index in [0.717, 1.165) is 0 Å². The van der Waals surface area contributed by atoms with Gasteiger partial charge in [-0.15, -0.1) is 0 Å². The molecule has 1 aliphatic heterocycles. The maximum absolute atomic E-state index is 12.2. The molecule has 1 heterocycles. The lowest BCUT2D eigenvalue weighted by Crippen LogP contribution is -2.40. The molecule has 0 spiro atoms. The second kappa shape index (κ2) is 5.17. The molecule has 1 aromatic carbocycles. The van der Waals surface area contributed by atoms with E-state index in [2.05, 4.69) is 0 Å². The molecule has 0 saturated carbocycles. The van der Waals surface area contributed by atoms with Crippen LogP contribution in [0.5, 0.6) is 11.5 Å². The Morgan fingerprint density at radius 3 is 2.37 bits per heavy atom. The van der Waals surface area contributed by atoms with Crippen LogP contribution in [-0.2, 0) is 4.79 Å². The highest BCUT2D eigenvalue weighted by Crippen LogP contribution is 2.26. The number of carboxylic acids is 1. The number of phenolic OH excluding ortho intramolecular Hbond substituents is 2. The number of amides is 1. The minimum Gasteiger partial charge on any atom is -0.508 e. The Kier molecular flexibility index (Phi) is 3.59. The van der Waals surface area contributed by atoms with Crippen LogP contribution in [0.3, 0.4) is 0 Å². The van der Waals surface area contributed by atoms with Gasteiger partial charge in [-0.2, -0.15) is 0 Å². The highest BCUT2D eigenvalue weighted by molar-refractivity contribution is 5.97. The summed E-state index contributed by atoms with van der Waals surface area (Å²) in [6.07, 6.45) is 0.807. The van der Waals surface area contributed by atoms with E-state index >= 15 is 0 Å². The number of phenols is 2. The van der Waals surface area contributed by atoms with Crippen LogP contribution in [0.1, 0.15) is 23.2 Å². The number of aromatic hydroxyl groups is 2. The topological polar surface area (TPSA) is 98.1 Å². The van der Waals surface area contributed by atoms with Gasteiger partial charge in [-0.05, 0) is 31.0 Å². The SMILES string of the molecule is O=C(O)C1CCN(C(=O)c2cc(O)ccc2O)CC1. The number of piperidine rings is 1. The van der Waals surface area contributed by atoms with E-state index in [1.54, 1.807) is 0 Å². The summed E-state index contributed by atoms with van der Waals surface area (Å²) in [6, 6.07) is 3.76. The molecule has 0 radical (unpaired) electrons. The zero-order valence-corrected chi connectivity index (χ0v) is 10.2. The predicted octanol–water partition coefficient (Wildman–Crippen LogP) is 1.03. The molecule has 102 valence electrons. The first-order chi connectivity index (χ1) is 8.99. The Hall–Kier alpha value is -2.24. The molecule has 6 nitrogen and oxygen atoms in total. The standard InChI is InChI=1S/C13H15NO5/c15-9-1-2-11(16)10(7-9)12(17)14-5-3-8(4-6-14)13(18)19/h1-2,7-8,15-16H,3-6H2,(H,18,19). The molecule has 0 aliphatic carbocycles. The summed E-state index contributed by atoms with van der Waals surface area (Å²) in [5, 5.41) is 27.8. The van der Waals surface area contributed by atoms with Gasteiger partial charge in [0.25, 0.3) is 5.91 Å². The summed E-state index contributed by atoms with van der Waals surface area (Å²) < 4.78 is 0. The number of benzene rings is 1.